The lowest BCUT2D eigenvalue weighted by Crippen LogP contribution is -2.52. The molecule has 0 aliphatic rings. The summed E-state index contributed by atoms with van der Waals surface area (Å²) >= 11 is 0. The molecule has 0 unspecified atom stereocenters. The van der Waals surface area contributed by atoms with Gasteiger partial charge in [-0.1, -0.05) is 46.5 Å². The largest absolute Gasteiger partial charge is 0.379 e. The van der Waals surface area contributed by atoms with Crippen molar-refractivity contribution < 1.29 is 26.9 Å². The lowest BCUT2D eigenvalue weighted by atomic mass is 10.1. The highest BCUT2D eigenvalue weighted by molar-refractivity contribution is 7.85. The van der Waals surface area contributed by atoms with Crippen LogP contribution < -0.4 is 0 Å². The van der Waals surface area contributed by atoms with Crippen LogP contribution in [0.1, 0.15) is 85.0 Å². The molecule has 1 N–H and O–H groups in total. The minimum atomic E-state index is -3.90. The van der Waals surface area contributed by atoms with Crippen LogP contribution in [-0.4, -0.2) is 75.8 Å². The second-order valence-corrected chi connectivity index (χ2v) is 9.79. The van der Waals surface area contributed by atoms with Gasteiger partial charge in [-0.15, -0.1) is 0 Å². The number of quaternary nitrogens is 1. The molecule has 29 heavy (non-hydrogen) atoms. The lowest BCUT2D eigenvalue weighted by molar-refractivity contribution is -0.929. The first-order valence-corrected chi connectivity index (χ1v) is 13.5. The van der Waals surface area contributed by atoms with Crippen LogP contribution in [-0.2, 0) is 19.6 Å². The Balaban J connectivity index is 4.78. The molecule has 0 aliphatic carbocycles. The number of hydrogen-bond donors (Lipinski definition) is 1. The molecule has 0 aromatic rings. The van der Waals surface area contributed by atoms with E-state index in [1.807, 2.05) is 0 Å². The molecule has 0 rings (SSSR count). The highest BCUT2D eigenvalue weighted by Crippen LogP contribution is 2.16. The predicted octanol–water partition coefficient (Wildman–Crippen LogP) is 4.68. The number of unbranched alkanes of at least 4 members (excludes halogenated alkanes) is 6. The molecule has 6 nitrogen and oxygen atoms in total. The van der Waals surface area contributed by atoms with Crippen LogP contribution in [0.25, 0.3) is 0 Å². The van der Waals surface area contributed by atoms with Crippen molar-refractivity contribution in [1.82, 2.24) is 0 Å². The second-order valence-electron chi connectivity index (χ2n) is 8.22. The van der Waals surface area contributed by atoms with E-state index in [2.05, 4.69) is 20.8 Å². The monoisotopic (exact) mass is 438 g/mol. The van der Waals surface area contributed by atoms with Gasteiger partial charge in [0.2, 0.25) is 0 Å². The Labute approximate surface area is 180 Å². The summed E-state index contributed by atoms with van der Waals surface area (Å²) in [5.74, 6) is -0.150. The first-order chi connectivity index (χ1) is 13.9. The summed E-state index contributed by atoms with van der Waals surface area (Å²) in [6.45, 7) is 13.0. The summed E-state index contributed by atoms with van der Waals surface area (Å²) in [5, 5.41) is 0. The minimum Gasteiger partial charge on any atom is -0.379 e. The Morgan fingerprint density at radius 1 is 0.621 bits per heavy atom. The average Bonchev–Trinajstić information content (AvgIpc) is 2.67. The van der Waals surface area contributed by atoms with Gasteiger partial charge in [0.05, 0.1) is 45.2 Å². The highest BCUT2D eigenvalue weighted by Gasteiger charge is 2.27. The molecule has 0 amide bonds. The van der Waals surface area contributed by atoms with Gasteiger partial charge in [-0.05, 0) is 32.1 Å². The quantitative estimate of drug-likeness (QED) is 0.151. The fourth-order valence-corrected chi connectivity index (χ4v) is 4.22. The maximum absolute atomic E-state index is 11.2. The smallest absolute Gasteiger partial charge is 0.265 e. The van der Waals surface area contributed by atoms with E-state index in [4.69, 9.17) is 14.0 Å². The van der Waals surface area contributed by atoms with Crippen molar-refractivity contribution in [2.24, 2.45) is 0 Å². The second kappa shape index (κ2) is 18.6. The maximum Gasteiger partial charge on any atom is 0.265 e. The van der Waals surface area contributed by atoms with E-state index in [0.29, 0.717) is 26.2 Å². The molecule has 0 spiro atoms. The van der Waals surface area contributed by atoms with Crippen LogP contribution in [0.15, 0.2) is 0 Å². The van der Waals surface area contributed by atoms with E-state index in [-0.39, 0.29) is 5.75 Å². The molecule has 0 radical (unpaired) electrons. The highest BCUT2D eigenvalue weighted by atomic mass is 32.2. The first-order valence-electron chi connectivity index (χ1n) is 11.8. The van der Waals surface area contributed by atoms with Crippen LogP contribution in [0, 0.1) is 0 Å². The Morgan fingerprint density at radius 2 is 1.14 bits per heavy atom. The summed E-state index contributed by atoms with van der Waals surface area (Å²) < 4.78 is 43.8. The zero-order valence-corrected chi connectivity index (χ0v) is 20.2. The molecular formula is C22H48NO5S+. The van der Waals surface area contributed by atoms with Crippen molar-refractivity contribution in [2.75, 3.05) is 58.4 Å². The Bertz CT molecular complexity index is 444. The Morgan fingerprint density at radius 3 is 1.62 bits per heavy atom. The Hall–Kier alpha value is -0.210. The molecule has 0 atom stereocenters. The van der Waals surface area contributed by atoms with Crippen molar-refractivity contribution in [3.05, 3.63) is 0 Å². The van der Waals surface area contributed by atoms with Gasteiger partial charge in [0.1, 0.15) is 6.54 Å². The molecule has 7 heteroatoms. The van der Waals surface area contributed by atoms with Gasteiger partial charge in [0.25, 0.3) is 10.1 Å². The summed E-state index contributed by atoms with van der Waals surface area (Å²) in [4.78, 5) is 0. The molecule has 0 saturated heterocycles. The molecule has 0 aromatic carbocycles. The fourth-order valence-electron chi connectivity index (χ4n) is 3.73. The molecule has 0 bridgehead atoms. The molecule has 0 saturated carbocycles. The number of hydrogen-bond acceptors (Lipinski definition) is 4. The van der Waals surface area contributed by atoms with E-state index in [1.54, 1.807) is 0 Å². The van der Waals surface area contributed by atoms with Gasteiger partial charge >= 0.3 is 0 Å². The Kier molecular flexibility index (Phi) is 18.4. The third-order valence-electron chi connectivity index (χ3n) is 5.44. The standard InChI is InChI=1S/C22H47NO5S/c1-4-7-9-11-14-23(15-12-10-8-5-2,16-13-22-29(24,25)26)17-19-28-21-20-27-18-6-3/h4-22H2,1-3H3/p+1. The number of ether oxygens (including phenoxy) is 2. The molecule has 0 fully saturated rings. The third kappa shape index (κ3) is 18.3. The van der Waals surface area contributed by atoms with Crippen LogP contribution in [0.5, 0.6) is 0 Å². The summed E-state index contributed by atoms with van der Waals surface area (Å²) in [6, 6.07) is 0. The van der Waals surface area contributed by atoms with Crippen molar-refractivity contribution in [1.29, 1.82) is 0 Å². The summed E-state index contributed by atoms with van der Waals surface area (Å²) in [7, 11) is -3.90. The molecule has 0 aliphatic heterocycles. The van der Waals surface area contributed by atoms with Crippen molar-refractivity contribution in [3.8, 4) is 0 Å². The van der Waals surface area contributed by atoms with Gasteiger partial charge in [-0.25, -0.2) is 0 Å². The van der Waals surface area contributed by atoms with E-state index in [1.165, 1.54) is 38.5 Å². The zero-order valence-electron chi connectivity index (χ0n) is 19.4. The van der Waals surface area contributed by atoms with Crippen molar-refractivity contribution in [2.45, 2.75) is 85.0 Å². The number of nitrogens with zero attached hydrogens (tertiary/aromatic N) is 1. The van der Waals surface area contributed by atoms with Crippen molar-refractivity contribution >= 4 is 10.1 Å². The maximum atomic E-state index is 11.2. The fraction of sp³-hybridized carbons (Fsp3) is 1.00. The van der Waals surface area contributed by atoms with E-state index >= 15 is 0 Å². The number of rotatable bonds is 22. The topological polar surface area (TPSA) is 72.8 Å². The van der Waals surface area contributed by atoms with Crippen LogP contribution in [0.2, 0.25) is 0 Å². The van der Waals surface area contributed by atoms with Crippen LogP contribution in [0.4, 0.5) is 0 Å². The third-order valence-corrected chi connectivity index (χ3v) is 6.24. The van der Waals surface area contributed by atoms with Gasteiger partial charge in [-0.2, -0.15) is 8.42 Å². The van der Waals surface area contributed by atoms with Crippen molar-refractivity contribution in [3.63, 3.8) is 0 Å². The zero-order chi connectivity index (χ0) is 21.8. The summed E-state index contributed by atoms with van der Waals surface area (Å²) in [5.41, 5.74) is 0. The molecule has 0 heterocycles. The van der Waals surface area contributed by atoms with E-state index < -0.39 is 10.1 Å². The van der Waals surface area contributed by atoms with E-state index in [0.717, 1.165) is 56.5 Å². The molecular weight excluding hydrogens is 390 g/mol. The van der Waals surface area contributed by atoms with Gasteiger partial charge in [-0.3, -0.25) is 4.55 Å². The molecule has 0 aromatic heterocycles. The van der Waals surface area contributed by atoms with Crippen LogP contribution in [0.3, 0.4) is 0 Å². The lowest BCUT2D eigenvalue weighted by Gasteiger charge is -2.39. The average molecular weight is 439 g/mol. The van der Waals surface area contributed by atoms with Crippen LogP contribution >= 0.6 is 0 Å². The first kappa shape index (κ1) is 28.8. The predicted molar refractivity (Wildman–Crippen MR) is 121 cm³/mol. The normalized spacial score (nSPS) is 12.6. The molecule has 176 valence electrons. The van der Waals surface area contributed by atoms with E-state index in [9.17, 15) is 8.42 Å². The minimum absolute atomic E-state index is 0.150. The van der Waals surface area contributed by atoms with Gasteiger partial charge in [0, 0.05) is 13.0 Å². The summed E-state index contributed by atoms with van der Waals surface area (Å²) in [6.07, 6.45) is 11.2. The SMILES string of the molecule is CCCCCC[N+](CCCCCC)(CCCS(=O)(=O)O)CCOCCOCCC. The van der Waals surface area contributed by atoms with Gasteiger partial charge < -0.3 is 14.0 Å². The van der Waals surface area contributed by atoms with Gasteiger partial charge in [0.15, 0.2) is 0 Å².